The molecule has 1 aromatic carbocycles. The lowest BCUT2D eigenvalue weighted by Gasteiger charge is -2.05. The molecular weight excluding hydrogens is 308 g/mol. The SMILES string of the molecule is Brc1ccsc1CNc1ccc2ccccc2n1. The molecule has 90 valence electrons. The molecular formula is C14H11BrN2S. The van der Waals surface area contributed by atoms with Crippen LogP contribution in [0.4, 0.5) is 5.82 Å². The number of rotatable bonds is 3. The van der Waals surface area contributed by atoms with Crippen molar-refractivity contribution in [1.29, 1.82) is 0 Å². The highest BCUT2D eigenvalue weighted by molar-refractivity contribution is 9.10. The first kappa shape index (κ1) is 11.7. The minimum Gasteiger partial charge on any atom is -0.365 e. The van der Waals surface area contributed by atoms with E-state index in [0.717, 1.165) is 22.4 Å². The Kier molecular flexibility index (Phi) is 3.30. The fourth-order valence-electron chi connectivity index (χ4n) is 1.79. The topological polar surface area (TPSA) is 24.9 Å². The summed E-state index contributed by atoms with van der Waals surface area (Å²) in [5.74, 6) is 0.911. The molecule has 0 fully saturated rings. The van der Waals surface area contributed by atoms with Crippen LogP contribution in [0.15, 0.2) is 52.3 Å². The first-order valence-corrected chi connectivity index (χ1v) is 7.32. The van der Waals surface area contributed by atoms with E-state index >= 15 is 0 Å². The first-order chi connectivity index (χ1) is 8.83. The maximum atomic E-state index is 4.58. The molecule has 0 unspecified atom stereocenters. The van der Waals surface area contributed by atoms with E-state index in [9.17, 15) is 0 Å². The third kappa shape index (κ3) is 2.40. The second-order valence-electron chi connectivity index (χ2n) is 3.93. The van der Waals surface area contributed by atoms with Crippen LogP contribution in [-0.4, -0.2) is 4.98 Å². The maximum Gasteiger partial charge on any atom is 0.126 e. The van der Waals surface area contributed by atoms with Gasteiger partial charge in [-0.1, -0.05) is 18.2 Å². The molecule has 0 spiro atoms. The summed E-state index contributed by atoms with van der Waals surface area (Å²) in [6, 6.07) is 14.3. The molecule has 3 aromatic rings. The predicted molar refractivity (Wildman–Crippen MR) is 81.1 cm³/mol. The van der Waals surface area contributed by atoms with Crippen LogP contribution in [0.5, 0.6) is 0 Å². The molecule has 0 amide bonds. The van der Waals surface area contributed by atoms with Gasteiger partial charge in [0.1, 0.15) is 5.82 Å². The summed E-state index contributed by atoms with van der Waals surface area (Å²) in [5.41, 5.74) is 1.02. The molecule has 18 heavy (non-hydrogen) atoms. The van der Waals surface area contributed by atoms with E-state index in [1.165, 1.54) is 10.3 Å². The van der Waals surface area contributed by atoms with Gasteiger partial charge in [0.15, 0.2) is 0 Å². The number of thiophene rings is 1. The van der Waals surface area contributed by atoms with Crippen LogP contribution >= 0.6 is 27.3 Å². The molecule has 1 N–H and O–H groups in total. The van der Waals surface area contributed by atoms with Crippen LogP contribution < -0.4 is 5.32 Å². The molecule has 0 radical (unpaired) electrons. The second kappa shape index (κ2) is 5.08. The molecule has 0 saturated heterocycles. The van der Waals surface area contributed by atoms with Crippen molar-refractivity contribution in [3.63, 3.8) is 0 Å². The number of anilines is 1. The van der Waals surface area contributed by atoms with E-state index in [2.05, 4.69) is 49.8 Å². The van der Waals surface area contributed by atoms with E-state index in [4.69, 9.17) is 0 Å². The van der Waals surface area contributed by atoms with Gasteiger partial charge in [-0.05, 0) is 45.6 Å². The number of nitrogens with zero attached hydrogens (tertiary/aromatic N) is 1. The molecule has 2 heterocycles. The number of benzene rings is 1. The monoisotopic (exact) mass is 318 g/mol. The Hall–Kier alpha value is -1.39. The van der Waals surface area contributed by atoms with E-state index in [0.29, 0.717) is 0 Å². The lowest BCUT2D eigenvalue weighted by Crippen LogP contribution is -2.00. The summed E-state index contributed by atoms with van der Waals surface area (Å²) in [5, 5.41) is 6.59. The van der Waals surface area contributed by atoms with Gasteiger partial charge in [-0.3, -0.25) is 0 Å². The maximum absolute atomic E-state index is 4.58. The summed E-state index contributed by atoms with van der Waals surface area (Å²) >= 11 is 5.26. The normalized spacial score (nSPS) is 10.7. The van der Waals surface area contributed by atoms with Gasteiger partial charge in [0.25, 0.3) is 0 Å². The van der Waals surface area contributed by atoms with Crippen molar-refractivity contribution in [1.82, 2.24) is 4.98 Å². The van der Waals surface area contributed by atoms with E-state index in [1.54, 1.807) is 11.3 Å². The predicted octanol–water partition coefficient (Wildman–Crippen LogP) is 4.67. The second-order valence-corrected chi connectivity index (χ2v) is 5.79. The standard InChI is InChI=1S/C14H11BrN2S/c15-11-7-8-18-13(11)9-16-14-6-5-10-3-1-2-4-12(10)17-14/h1-8H,9H2,(H,16,17). The van der Waals surface area contributed by atoms with Crippen LogP contribution in [0.25, 0.3) is 10.9 Å². The van der Waals surface area contributed by atoms with Gasteiger partial charge in [-0.15, -0.1) is 11.3 Å². The van der Waals surface area contributed by atoms with Crippen molar-refractivity contribution in [2.45, 2.75) is 6.54 Å². The molecule has 2 nitrogen and oxygen atoms in total. The summed E-state index contributed by atoms with van der Waals surface area (Å²) in [7, 11) is 0. The number of aromatic nitrogens is 1. The molecule has 4 heteroatoms. The highest BCUT2D eigenvalue weighted by Gasteiger charge is 2.02. The fourth-order valence-corrected chi connectivity index (χ4v) is 3.22. The van der Waals surface area contributed by atoms with Crippen LogP contribution in [0.1, 0.15) is 4.88 Å². The van der Waals surface area contributed by atoms with Crippen molar-refractivity contribution < 1.29 is 0 Å². The van der Waals surface area contributed by atoms with Gasteiger partial charge in [0.05, 0.1) is 12.1 Å². The van der Waals surface area contributed by atoms with Gasteiger partial charge in [0.2, 0.25) is 0 Å². The average molecular weight is 319 g/mol. The molecule has 0 aliphatic carbocycles. The van der Waals surface area contributed by atoms with E-state index in [-0.39, 0.29) is 0 Å². The Bertz CT molecular complexity index is 678. The van der Waals surface area contributed by atoms with Gasteiger partial charge >= 0.3 is 0 Å². The zero-order chi connectivity index (χ0) is 12.4. The van der Waals surface area contributed by atoms with Gasteiger partial charge in [-0.25, -0.2) is 4.98 Å². The number of hydrogen-bond donors (Lipinski definition) is 1. The minimum absolute atomic E-state index is 0.795. The minimum atomic E-state index is 0.795. The quantitative estimate of drug-likeness (QED) is 0.759. The van der Waals surface area contributed by atoms with Gasteiger partial charge in [-0.2, -0.15) is 0 Å². The zero-order valence-electron chi connectivity index (χ0n) is 9.56. The summed E-state index contributed by atoms with van der Waals surface area (Å²) in [6.07, 6.45) is 0. The molecule has 0 atom stereocenters. The van der Waals surface area contributed by atoms with Crippen molar-refractivity contribution in [3.8, 4) is 0 Å². The zero-order valence-corrected chi connectivity index (χ0v) is 12.0. The Morgan fingerprint density at radius 1 is 1.11 bits per heavy atom. The van der Waals surface area contributed by atoms with Crippen molar-refractivity contribution in [2.75, 3.05) is 5.32 Å². The van der Waals surface area contributed by atoms with Crippen LogP contribution in [0.2, 0.25) is 0 Å². The molecule has 0 bridgehead atoms. The van der Waals surface area contributed by atoms with Crippen molar-refractivity contribution >= 4 is 44.0 Å². The third-order valence-electron chi connectivity index (χ3n) is 2.72. The lowest BCUT2D eigenvalue weighted by molar-refractivity contribution is 1.15. The molecule has 3 rings (SSSR count). The molecule has 0 aliphatic rings. The largest absolute Gasteiger partial charge is 0.365 e. The van der Waals surface area contributed by atoms with Crippen LogP contribution in [0.3, 0.4) is 0 Å². The Labute approximate surface area is 118 Å². The van der Waals surface area contributed by atoms with Gasteiger partial charge < -0.3 is 5.32 Å². The highest BCUT2D eigenvalue weighted by Crippen LogP contribution is 2.23. The molecule has 2 aromatic heterocycles. The van der Waals surface area contributed by atoms with Crippen LogP contribution in [0, 0.1) is 0 Å². The summed E-state index contributed by atoms with van der Waals surface area (Å²) in [6.45, 7) is 0.795. The lowest BCUT2D eigenvalue weighted by atomic mass is 10.2. The Balaban J connectivity index is 1.81. The Morgan fingerprint density at radius 3 is 2.83 bits per heavy atom. The van der Waals surface area contributed by atoms with Crippen molar-refractivity contribution in [3.05, 3.63) is 57.2 Å². The smallest absolute Gasteiger partial charge is 0.126 e. The fraction of sp³-hybridized carbons (Fsp3) is 0.0714. The number of para-hydroxylation sites is 1. The van der Waals surface area contributed by atoms with E-state index in [1.807, 2.05) is 24.3 Å². The molecule has 0 aliphatic heterocycles. The van der Waals surface area contributed by atoms with Crippen molar-refractivity contribution in [2.24, 2.45) is 0 Å². The number of nitrogens with one attached hydrogen (secondary N) is 1. The summed E-state index contributed by atoms with van der Waals surface area (Å²) < 4.78 is 1.15. The first-order valence-electron chi connectivity index (χ1n) is 5.64. The number of pyridine rings is 1. The Morgan fingerprint density at radius 2 is 2.00 bits per heavy atom. The molecule has 0 saturated carbocycles. The highest BCUT2D eigenvalue weighted by atomic mass is 79.9. The number of fused-ring (bicyclic) bond motifs is 1. The van der Waals surface area contributed by atoms with E-state index < -0.39 is 0 Å². The van der Waals surface area contributed by atoms with Crippen LogP contribution in [-0.2, 0) is 6.54 Å². The average Bonchev–Trinajstić information content (AvgIpc) is 2.82. The van der Waals surface area contributed by atoms with Gasteiger partial charge in [0, 0.05) is 14.7 Å². The number of hydrogen-bond acceptors (Lipinski definition) is 3. The number of halogens is 1. The summed E-state index contributed by atoms with van der Waals surface area (Å²) in [4.78, 5) is 5.86. The third-order valence-corrected chi connectivity index (χ3v) is 4.65.